The molecule has 3 aromatic rings. The fraction of sp³-hybridized carbons (Fsp3) is 0.167. The lowest BCUT2D eigenvalue weighted by atomic mass is 10.2. The van der Waals surface area contributed by atoms with Gasteiger partial charge in [0.05, 0.1) is 25.5 Å². The standard InChI is InChI=1S/C18H17N3O3S2/c1-23-12-8-9-15(24-2)14(10-12)17-20-21-18(26-17)19-16(22)11-25-13-6-4-3-5-7-13/h3-10H,11H2,1-2H3,(H,19,21,22). The Bertz CT molecular complexity index is 884. The molecule has 0 aliphatic heterocycles. The van der Waals surface area contributed by atoms with Gasteiger partial charge in [0.15, 0.2) is 5.01 Å². The Labute approximate surface area is 159 Å². The SMILES string of the molecule is COc1ccc(OC)c(-c2nnc(NC(=O)CSc3ccccc3)s2)c1. The number of benzene rings is 2. The van der Waals surface area contributed by atoms with Crippen molar-refractivity contribution in [1.82, 2.24) is 10.2 Å². The minimum atomic E-state index is -0.126. The van der Waals surface area contributed by atoms with E-state index in [0.717, 1.165) is 10.5 Å². The van der Waals surface area contributed by atoms with Crippen LogP contribution in [0, 0.1) is 0 Å². The Morgan fingerprint density at radius 3 is 2.65 bits per heavy atom. The van der Waals surface area contributed by atoms with E-state index in [1.165, 1.54) is 23.1 Å². The third-order valence-electron chi connectivity index (χ3n) is 3.42. The average Bonchev–Trinajstić information content (AvgIpc) is 3.15. The van der Waals surface area contributed by atoms with Crippen molar-refractivity contribution in [2.24, 2.45) is 0 Å². The lowest BCUT2D eigenvalue weighted by molar-refractivity contribution is -0.113. The number of aromatic nitrogens is 2. The molecule has 134 valence electrons. The summed E-state index contributed by atoms with van der Waals surface area (Å²) < 4.78 is 10.6. The van der Waals surface area contributed by atoms with Crippen molar-refractivity contribution < 1.29 is 14.3 Å². The highest BCUT2D eigenvalue weighted by atomic mass is 32.2. The predicted molar refractivity (Wildman–Crippen MR) is 104 cm³/mol. The summed E-state index contributed by atoms with van der Waals surface area (Å²) in [4.78, 5) is 13.2. The molecule has 2 aromatic carbocycles. The van der Waals surface area contributed by atoms with E-state index in [2.05, 4.69) is 15.5 Å². The first-order chi connectivity index (χ1) is 12.7. The van der Waals surface area contributed by atoms with Crippen LogP contribution in [0.5, 0.6) is 11.5 Å². The van der Waals surface area contributed by atoms with Gasteiger partial charge in [-0.2, -0.15) is 0 Å². The number of carbonyl (C=O) groups is 1. The highest BCUT2D eigenvalue weighted by molar-refractivity contribution is 8.00. The van der Waals surface area contributed by atoms with Crippen LogP contribution in [0.25, 0.3) is 10.6 Å². The summed E-state index contributed by atoms with van der Waals surface area (Å²) in [5.41, 5.74) is 0.767. The van der Waals surface area contributed by atoms with Crippen LogP contribution in [0.15, 0.2) is 53.4 Å². The molecule has 1 N–H and O–H groups in total. The summed E-state index contributed by atoms with van der Waals surface area (Å²) in [6.45, 7) is 0. The average molecular weight is 387 g/mol. The molecule has 8 heteroatoms. The number of nitrogens with one attached hydrogen (secondary N) is 1. The second-order valence-electron chi connectivity index (χ2n) is 5.13. The number of hydrogen-bond donors (Lipinski definition) is 1. The summed E-state index contributed by atoms with van der Waals surface area (Å²) in [7, 11) is 3.19. The normalized spacial score (nSPS) is 10.4. The molecule has 1 amide bonds. The second-order valence-corrected chi connectivity index (χ2v) is 7.15. The molecule has 0 unspecified atom stereocenters. The van der Waals surface area contributed by atoms with Gasteiger partial charge in [0, 0.05) is 4.90 Å². The number of amides is 1. The van der Waals surface area contributed by atoms with Crippen molar-refractivity contribution >= 4 is 34.1 Å². The van der Waals surface area contributed by atoms with Crippen molar-refractivity contribution in [3.05, 3.63) is 48.5 Å². The molecule has 1 heterocycles. The molecular formula is C18H17N3O3S2. The molecule has 6 nitrogen and oxygen atoms in total. The topological polar surface area (TPSA) is 73.3 Å². The Morgan fingerprint density at radius 2 is 1.92 bits per heavy atom. The van der Waals surface area contributed by atoms with Gasteiger partial charge in [0.1, 0.15) is 11.5 Å². The van der Waals surface area contributed by atoms with Crippen LogP contribution in [0.4, 0.5) is 5.13 Å². The first-order valence-electron chi connectivity index (χ1n) is 7.73. The van der Waals surface area contributed by atoms with Crippen LogP contribution in [0.2, 0.25) is 0 Å². The maximum absolute atomic E-state index is 12.1. The summed E-state index contributed by atoms with van der Waals surface area (Å²) in [6, 6.07) is 15.2. The van der Waals surface area contributed by atoms with Gasteiger partial charge < -0.3 is 9.47 Å². The monoisotopic (exact) mass is 387 g/mol. The fourth-order valence-electron chi connectivity index (χ4n) is 2.18. The summed E-state index contributed by atoms with van der Waals surface area (Å²) in [5.74, 6) is 1.54. The van der Waals surface area contributed by atoms with Crippen molar-refractivity contribution in [3.8, 4) is 22.1 Å². The number of carbonyl (C=O) groups excluding carboxylic acids is 1. The molecule has 0 aliphatic rings. The van der Waals surface area contributed by atoms with Gasteiger partial charge >= 0.3 is 0 Å². The molecule has 1 aromatic heterocycles. The zero-order chi connectivity index (χ0) is 18.4. The Hall–Kier alpha value is -2.58. The molecule has 0 atom stereocenters. The molecule has 0 aliphatic carbocycles. The van der Waals surface area contributed by atoms with E-state index in [9.17, 15) is 4.79 Å². The van der Waals surface area contributed by atoms with Crippen molar-refractivity contribution in [1.29, 1.82) is 0 Å². The third kappa shape index (κ3) is 4.53. The number of rotatable bonds is 7. The van der Waals surface area contributed by atoms with E-state index < -0.39 is 0 Å². The zero-order valence-electron chi connectivity index (χ0n) is 14.3. The number of thioether (sulfide) groups is 1. The van der Waals surface area contributed by atoms with Gasteiger partial charge in [-0.05, 0) is 30.3 Å². The van der Waals surface area contributed by atoms with Crippen LogP contribution in [0.1, 0.15) is 0 Å². The number of anilines is 1. The van der Waals surface area contributed by atoms with E-state index in [-0.39, 0.29) is 5.91 Å². The number of ether oxygens (including phenoxy) is 2. The predicted octanol–water partition coefficient (Wildman–Crippen LogP) is 3.95. The largest absolute Gasteiger partial charge is 0.497 e. The highest BCUT2D eigenvalue weighted by Crippen LogP contribution is 2.36. The minimum Gasteiger partial charge on any atom is -0.497 e. The number of methoxy groups -OCH3 is 2. The van der Waals surface area contributed by atoms with E-state index in [4.69, 9.17) is 9.47 Å². The van der Waals surface area contributed by atoms with Crippen molar-refractivity contribution in [2.75, 3.05) is 25.3 Å². The quantitative estimate of drug-likeness (QED) is 0.619. The lowest BCUT2D eigenvalue weighted by Crippen LogP contribution is -2.13. The maximum Gasteiger partial charge on any atom is 0.236 e. The zero-order valence-corrected chi connectivity index (χ0v) is 15.9. The molecule has 0 spiro atoms. The van der Waals surface area contributed by atoms with Crippen molar-refractivity contribution in [3.63, 3.8) is 0 Å². The third-order valence-corrected chi connectivity index (χ3v) is 5.31. The highest BCUT2D eigenvalue weighted by Gasteiger charge is 2.14. The Morgan fingerprint density at radius 1 is 1.12 bits per heavy atom. The molecule has 26 heavy (non-hydrogen) atoms. The Balaban J connectivity index is 1.67. The molecule has 0 fully saturated rings. The van der Waals surface area contributed by atoms with Gasteiger partial charge in [-0.1, -0.05) is 29.5 Å². The molecule has 0 saturated carbocycles. The van der Waals surface area contributed by atoms with Gasteiger partial charge in [-0.3, -0.25) is 10.1 Å². The van der Waals surface area contributed by atoms with Crippen LogP contribution >= 0.6 is 23.1 Å². The second kappa shape index (κ2) is 8.68. The molecule has 0 saturated heterocycles. The summed E-state index contributed by atoms with van der Waals surface area (Å²) >= 11 is 2.76. The fourth-order valence-corrected chi connectivity index (χ4v) is 3.69. The molecule has 0 radical (unpaired) electrons. The van der Waals surface area contributed by atoms with Crippen LogP contribution in [-0.2, 0) is 4.79 Å². The lowest BCUT2D eigenvalue weighted by Gasteiger charge is -2.07. The van der Waals surface area contributed by atoms with E-state index in [0.29, 0.717) is 27.4 Å². The number of nitrogens with zero attached hydrogens (tertiary/aromatic N) is 2. The first-order valence-corrected chi connectivity index (χ1v) is 9.53. The minimum absolute atomic E-state index is 0.126. The van der Waals surface area contributed by atoms with Gasteiger partial charge in [0.25, 0.3) is 0 Å². The smallest absolute Gasteiger partial charge is 0.236 e. The van der Waals surface area contributed by atoms with Crippen LogP contribution in [-0.4, -0.2) is 36.1 Å². The molecular weight excluding hydrogens is 370 g/mol. The van der Waals surface area contributed by atoms with E-state index >= 15 is 0 Å². The maximum atomic E-state index is 12.1. The van der Waals surface area contributed by atoms with Gasteiger partial charge in [0.2, 0.25) is 11.0 Å². The molecule has 0 bridgehead atoms. The Kier molecular flexibility index (Phi) is 6.08. The number of hydrogen-bond acceptors (Lipinski definition) is 7. The van der Waals surface area contributed by atoms with Gasteiger partial charge in [-0.25, -0.2) is 0 Å². The molecule has 3 rings (SSSR count). The van der Waals surface area contributed by atoms with Crippen LogP contribution in [0.3, 0.4) is 0 Å². The van der Waals surface area contributed by atoms with Crippen LogP contribution < -0.4 is 14.8 Å². The summed E-state index contributed by atoms with van der Waals surface area (Å²) in [5, 5.41) is 12.1. The van der Waals surface area contributed by atoms with E-state index in [1.54, 1.807) is 14.2 Å². The summed E-state index contributed by atoms with van der Waals surface area (Å²) in [6.07, 6.45) is 0. The van der Waals surface area contributed by atoms with Gasteiger partial charge in [-0.15, -0.1) is 22.0 Å². The first kappa shape index (κ1) is 18.2. The van der Waals surface area contributed by atoms with E-state index in [1.807, 2.05) is 48.5 Å². The van der Waals surface area contributed by atoms with Crippen molar-refractivity contribution in [2.45, 2.75) is 4.90 Å².